The van der Waals surface area contributed by atoms with Crippen molar-refractivity contribution in [2.45, 2.75) is 18.5 Å². The van der Waals surface area contributed by atoms with Gasteiger partial charge in [-0.3, -0.25) is 19.2 Å². The quantitative estimate of drug-likeness (QED) is 0.195. The molecule has 0 aromatic carbocycles. The highest BCUT2D eigenvalue weighted by atomic mass is 32.1. The number of carboxylic acid groups (broad SMARTS) is 1. The number of primary amides is 1. The Morgan fingerprint density at radius 1 is 1.04 bits per heavy atom. The zero-order valence-corrected chi connectivity index (χ0v) is 13.0. The molecule has 0 spiro atoms. The summed E-state index contributed by atoms with van der Waals surface area (Å²) in [7, 11) is 0. The molecule has 0 aromatic rings. The van der Waals surface area contributed by atoms with E-state index in [0.29, 0.717) is 0 Å². The predicted octanol–water partition coefficient (Wildman–Crippen LogP) is -4.08. The Labute approximate surface area is 136 Å². The highest BCUT2D eigenvalue weighted by Crippen LogP contribution is 1.96. The van der Waals surface area contributed by atoms with Crippen LogP contribution >= 0.6 is 12.6 Å². The van der Waals surface area contributed by atoms with Gasteiger partial charge in [0.25, 0.3) is 0 Å². The Hall–Kier alpha value is -2.34. The van der Waals surface area contributed by atoms with Gasteiger partial charge in [-0.05, 0) is 0 Å². The molecule has 0 saturated heterocycles. The molecule has 0 aromatic heterocycles. The maximum absolute atomic E-state index is 11.9. The summed E-state index contributed by atoms with van der Waals surface area (Å²) in [5, 5.41) is 15.4. The first-order chi connectivity index (χ1) is 10.7. The van der Waals surface area contributed by atoms with Crippen LogP contribution in [0.25, 0.3) is 0 Å². The van der Waals surface area contributed by atoms with E-state index in [2.05, 4.69) is 28.6 Å². The molecule has 8 N–H and O–H groups in total. The molecule has 2 unspecified atom stereocenters. The Bertz CT molecular complexity index is 486. The third kappa shape index (κ3) is 8.63. The molecule has 0 saturated carbocycles. The van der Waals surface area contributed by atoms with E-state index in [1.165, 1.54) is 0 Å². The summed E-state index contributed by atoms with van der Waals surface area (Å²) in [4.78, 5) is 56.1. The molecular formula is C11H19N5O6S. The van der Waals surface area contributed by atoms with Crippen molar-refractivity contribution in [1.82, 2.24) is 16.0 Å². The molecule has 0 fully saturated rings. The molecule has 130 valence electrons. The lowest BCUT2D eigenvalue weighted by Crippen LogP contribution is -2.54. The van der Waals surface area contributed by atoms with E-state index in [1.807, 2.05) is 0 Å². The lowest BCUT2D eigenvalue weighted by atomic mass is 10.2. The summed E-state index contributed by atoms with van der Waals surface area (Å²) >= 11 is 3.88. The van der Waals surface area contributed by atoms with E-state index in [-0.39, 0.29) is 12.3 Å². The van der Waals surface area contributed by atoms with E-state index in [1.54, 1.807) is 0 Å². The van der Waals surface area contributed by atoms with Gasteiger partial charge in [0.05, 0.1) is 19.5 Å². The molecule has 0 heterocycles. The van der Waals surface area contributed by atoms with Crippen molar-refractivity contribution in [1.29, 1.82) is 0 Å². The first-order valence-electron chi connectivity index (χ1n) is 6.39. The summed E-state index contributed by atoms with van der Waals surface area (Å²) in [6, 6.07) is -2.67. The monoisotopic (exact) mass is 349 g/mol. The molecular weight excluding hydrogens is 330 g/mol. The van der Waals surface area contributed by atoms with Crippen LogP contribution in [0.2, 0.25) is 0 Å². The third-order valence-corrected chi connectivity index (χ3v) is 2.85. The van der Waals surface area contributed by atoms with Crippen molar-refractivity contribution in [3.8, 4) is 0 Å². The molecule has 0 rings (SSSR count). The predicted molar refractivity (Wildman–Crippen MR) is 81.2 cm³/mol. The molecule has 23 heavy (non-hydrogen) atoms. The average molecular weight is 349 g/mol. The molecule has 4 amide bonds. The number of nitrogens with one attached hydrogen (secondary N) is 3. The van der Waals surface area contributed by atoms with Gasteiger partial charge in [0.1, 0.15) is 12.1 Å². The van der Waals surface area contributed by atoms with Gasteiger partial charge >= 0.3 is 5.97 Å². The zero-order valence-electron chi connectivity index (χ0n) is 12.1. The number of nitrogens with two attached hydrogens (primary N) is 2. The first-order valence-corrected chi connectivity index (χ1v) is 7.03. The van der Waals surface area contributed by atoms with Crippen LogP contribution in [0.15, 0.2) is 0 Å². The number of carbonyl (C=O) groups excluding carboxylic acids is 4. The molecule has 0 radical (unpaired) electrons. The van der Waals surface area contributed by atoms with Crippen molar-refractivity contribution in [3.05, 3.63) is 0 Å². The summed E-state index contributed by atoms with van der Waals surface area (Å²) < 4.78 is 0. The fourth-order valence-corrected chi connectivity index (χ4v) is 1.62. The molecule has 0 bridgehead atoms. The van der Waals surface area contributed by atoms with Gasteiger partial charge in [-0.25, -0.2) is 4.79 Å². The van der Waals surface area contributed by atoms with Gasteiger partial charge in [0.2, 0.25) is 23.6 Å². The molecule has 11 nitrogen and oxygen atoms in total. The number of aliphatic carboxylic acids is 1. The van der Waals surface area contributed by atoms with Crippen molar-refractivity contribution >= 4 is 42.2 Å². The van der Waals surface area contributed by atoms with Gasteiger partial charge < -0.3 is 32.5 Å². The molecule has 12 heteroatoms. The number of carbonyl (C=O) groups is 5. The first kappa shape index (κ1) is 20.7. The van der Waals surface area contributed by atoms with Gasteiger partial charge in [0.15, 0.2) is 0 Å². The topological polar surface area (TPSA) is 194 Å². The summed E-state index contributed by atoms with van der Waals surface area (Å²) in [6.45, 7) is -0.700. The second-order valence-corrected chi connectivity index (χ2v) is 4.72. The van der Waals surface area contributed by atoms with Crippen LogP contribution in [-0.2, 0) is 24.0 Å². The number of amides is 4. The fourth-order valence-electron chi connectivity index (χ4n) is 1.36. The standard InChI is InChI=1S/C11H19N5O6S/c12-2-8(18)14-3-9(19)15-6(4-23)10(20)16-5(11(21)22)1-7(13)17/h5-6,23H,1-4,12H2,(H2,13,17)(H,14,18)(H,15,19)(H,16,20)(H,21,22). The molecule has 0 aliphatic heterocycles. The number of carboxylic acids is 1. The highest BCUT2D eigenvalue weighted by molar-refractivity contribution is 7.80. The van der Waals surface area contributed by atoms with Crippen LogP contribution in [0.1, 0.15) is 6.42 Å². The van der Waals surface area contributed by atoms with Gasteiger partial charge in [0, 0.05) is 5.75 Å². The Morgan fingerprint density at radius 3 is 2.09 bits per heavy atom. The van der Waals surface area contributed by atoms with Gasteiger partial charge in [-0.2, -0.15) is 12.6 Å². The van der Waals surface area contributed by atoms with Crippen LogP contribution in [0.3, 0.4) is 0 Å². The lowest BCUT2D eigenvalue weighted by Gasteiger charge is -2.19. The van der Waals surface area contributed by atoms with E-state index >= 15 is 0 Å². The van der Waals surface area contributed by atoms with Crippen LogP contribution in [0.5, 0.6) is 0 Å². The van der Waals surface area contributed by atoms with Crippen molar-refractivity contribution in [2.75, 3.05) is 18.8 Å². The van der Waals surface area contributed by atoms with E-state index < -0.39 is 54.6 Å². The summed E-state index contributed by atoms with van der Waals surface area (Å²) in [5.41, 5.74) is 9.93. The van der Waals surface area contributed by atoms with Crippen LogP contribution < -0.4 is 27.4 Å². The smallest absolute Gasteiger partial charge is 0.326 e. The average Bonchev–Trinajstić information content (AvgIpc) is 2.48. The van der Waals surface area contributed by atoms with Crippen molar-refractivity contribution in [3.63, 3.8) is 0 Å². The molecule has 2 atom stereocenters. The van der Waals surface area contributed by atoms with E-state index in [9.17, 15) is 24.0 Å². The van der Waals surface area contributed by atoms with Crippen LogP contribution in [0.4, 0.5) is 0 Å². The number of thiol groups is 1. The SMILES string of the molecule is NCC(=O)NCC(=O)NC(CS)C(=O)NC(CC(N)=O)C(=O)O. The number of hydrogen-bond acceptors (Lipinski definition) is 7. The fraction of sp³-hybridized carbons (Fsp3) is 0.545. The largest absolute Gasteiger partial charge is 0.480 e. The maximum Gasteiger partial charge on any atom is 0.326 e. The highest BCUT2D eigenvalue weighted by Gasteiger charge is 2.26. The number of hydrogen-bond donors (Lipinski definition) is 7. The second kappa shape index (κ2) is 10.4. The normalized spacial score (nSPS) is 12.6. The van der Waals surface area contributed by atoms with Gasteiger partial charge in [-0.1, -0.05) is 0 Å². The van der Waals surface area contributed by atoms with E-state index in [0.717, 1.165) is 0 Å². The minimum absolute atomic E-state index is 0.134. The minimum Gasteiger partial charge on any atom is -0.480 e. The Kier molecular flexibility index (Phi) is 9.34. The maximum atomic E-state index is 11.9. The second-order valence-electron chi connectivity index (χ2n) is 4.35. The Balaban J connectivity index is 4.60. The minimum atomic E-state index is -1.52. The zero-order chi connectivity index (χ0) is 18.0. The van der Waals surface area contributed by atoms with Crippen LogP contribution in [-0.4, -0.2) is 65.6 Å². The lowest BCUT2D eigenvalue weighted by molar-refractivity contribution is -0.143. The molecule has 0 aliphatic carbocycles. The third-order valence-electron chi connectivity index (χ3n) is 2.49. The van der Waals surface area contributed by atoms with Gasteiger partial charge in [-0.15, -0.1) is 0 Å². The number of rotatable bonds is 10. The van der Waals surface area contributed by atoms with E-state index in [4.69, 9.17) is 16.6 Å². The van der Waals surface area contributed by atoms with Crippen molar-refractivity contribution < 1.29 is 29.1 Å². The molecule has 0 aliphatic rings. The van der Waals surface area contributed by atoms with Crippen LogP contribution in [0, 0.1) is 0 Å². The summed E-state index contributed by atoms with van der Waals surface area (Å²) in [6.07, 6.45) is -0.596. The van der Waals surface area contributed by atoms with Crippen molar-refractivity contribution in [2.24, 2.45) is 11.5 Å². The Morgan fingerprint density at radius 2 is 1.65 bits per heavy atom. The summed E-state index contributed by atoms with van der Waals surface area (Å²) in [5.74, 6) is -4.59.